The monoisotopic (exact) mass is 338 g/mol. The summed E-state index contributed by atoms with van der Waals surface area (Å²) in [5.41, 5.74) is 6.32. The third-order valence-electron chi connectivity index (χ3n) is 3.62. The van der Waals surface area contributed by atoms with Crippen LogP contribution in [-0.2, 0) is 6.61 Å². The van der Waals surface area contributed by atoms with Crippen molar-refractivity contribution in [2.75, 3.05) is 5.32 Å². The lowest BCUT2D eigenvalue weighted by Crippen LogP contribution is -2.12. The maximum absolute atomic E-state index is 12.3. The van der Waals surface area contributed by atoms with Crippen LogP contribution in [0.3, 0.4) is 0 Å². The van der Waals surface area contributed by atoms with Crippen molar-refractivity contribution < 1.29 is 9.53 Å². The first-order valence-corrected chi connectivity index (χ1v) is 8.54. The molecule has 3 aromatic rings. The summed E-state index contributed by atoms with van der Waals surface area (Å²) in [5.74, 6) is 0.582. The van der Waals surface area contributed by atoms with E-state index in [0.29, 0.717) is 17.9 Å². The number of nitrogens with zero attached hydrogens (tertiary/aromatic N) is 1. The summed E-state index contributed by atoms with van der Waals surface area (Å²) in [5, 5.41) is 4.89. The molecule has 24 heavy (non-hydrogen) atoms. The van der Waals surface area contributed by atoms with Crippen molar-refractivity contribution in [1.29, 1.82) is 0 Å². The molecule has 1 amide bonds. The van der Waals surface area contributed by atoms with Crippen LogP contribution in [0.15, 0.2) is 53.4 Å². The van der Waals surface area contributed by atoms with Crippen molar-refractivity contribution in [3.05, 3.63) is 75.7 Å². The minimum atomic E-state index is -0.131. The fraction of sp³-hybridized carbons (Fsp3) is 0.158. The van der Waals surface area contributed by atoms with Gasteiger partial charge in [0.1, 0.15) is 12.4 Å². The Balaban J connectivity index is 1.63. The second-order valence-electron chi connectivity index (χ2n) is 5.57. The summed E-state index contributed by atoms with van der Waals surface area (Å²) >= 11 is 1.54. The van der Waals surface area contributed by atoms with Crippen LogP contribution in [0.1, 0.15) is 27.2 Å². The van der Waals surface area contributed by atoms with Gasteiger partial charge in [-0.05, 0) is 49.7 Å². The lowest BCUT2D eigenvalue weighted by atomic mass is 10.1. The molecule has 1 N–H and O–H groups in total. The Bertz CT molecular complexity index is 827. The minimum absolute atomic E-state index is 0.131. The molecule has 122 valence electrons. The largest absolute Gasteiger partial charge is 0.487 e. The quantitative estimate of drug-likeness (QED) is 0.740. The fourth-order valence-corrected chi connectivity index (χ4v) is 2.86. The molecule has 1 heterocycles. The van der Waals surface area contributed by atoms with Gasteiger partial charge in [-0.15, -0.1) is 11.3 Å². The van der Waals surface area contributed by atoms with E-state index in [0.717, 1.165) is 16.9 Å². The van der Waals surface area contributed by atoms with Crippen LogP contribution in [0.4, 0.5) is 5.69 Å². The number of hydrogen-bond donors (Lipinski definition) is 1. The van der Waals surface area contributed by atoms with Gasteiger partial charge in [0.15, 0.2) is 0 Å². The van der Waals surface area contributed by atoms with E-state index in [9.17, 15) is 4.79 Å². The molecule has 0 spiro atoms. The molecule has 0 aliphatic carbocycles. The van der Waals surface area contributed by atoms with Gasteiger partial charge in [0.2, 0.25) is 0 Å². The van der Waals surface area contributed by atoms with Crippen molar-refractivity contribution in [2.45, 2.75) is 20.5 Å². The molecule has 0 bridgehead atoms. The molecule has 1 aromatic heterocycles. The molecule has 0 saturated carbocycles. The zero-order chi connectivity index (χ0) is 16.9. The molecule has 0 atom stereocenters. The number of benzene rings is 2. The Kier molecular flexibility index (Phi) is 4.91. The summed E-state index contributed by atoms with van der Waals surface area (Å²) in [6.45, 7) is 4.44. The number of carbonyl (C=O) groups excluding carboxylic acids is 1. The summed E-state index contributed by atoms with van der Waals surface area (Å²) in [6, 6.07) is 13.1. The summed E-state index contributed by atoms with van der Waals surface area (Å²) in [6.07, 6.45) is 0. The highest BCUT2D eigenvalue weighted by Gasteiger charge is 2.08. The highest BCUT2D eigenvalue weighted by atomic mass is 32.1. The zero-order valence-electron chi connectivity index (χ0n) is 13.6. The number of anilines is 1. The number of carbonyl (C=O) groups is 1. The van der Waals surface area contributed by atoms with Gasteiger partial charge < -0.3 is 10.1 Å². The molecule has 2 aromatic carbocycles. The topological polar surface area (TPSA) is 51.2 Å². The average Bonchev–Trinajstić information content (AvgIpc) is 3.09. The highest BCUT2D eigenvalue weighted by Crippen LogP contribution is 2.19. The number of amides is 1. The van der Waals surface area contributed by atoms with Gasteiger partial charge in [-0.3, -0.25) is 4.79 Å². The van der Waals surface area contributed by atoms with E-state index in [1.54, 1.807) is 29.8 Å². The van der Waals surface area contributed by atoms with Crippen LogP contribution in [0.2, 0.25) is 0 Å². The van der Waals surface area contributed by atoms with Crippen molar-refractivity contribution in [2.24, 2.45) is 0 Å². The van der Waals surface area contributed by atoms with Crippen LogP contribution in [0.25, 0.3) is 0 Å². The first kappa shape index (κ1) is 16.2. The van der Waals surface area contributed by atoms with Crippen molar-refractivity contribution >= 4 is 22.9 Å². The number of ether oxygens (including phenoxy) is 1. The van der Waals surface area contributed by atoms with Gasteiger partial charge >= 0.3 is 0 Å². The molecule has 4 nitrogen and oxygen atoms in total. The predicted octanol–water partition coefficient (Wildman–Crippen LogP) is 4.59. The van der Waals surface area contributed by atoms with E-state index in [-0.39, 0.29) is 5.91 Å². The molecule has 0 radical (unpaired) electrons. The van der Waals surface area contributed by atoms with Gasteiger partial charge in [-0.1, -0.05) is 17.7 Å². The van der Waals surface area contributed by atoms with Crippen LogP contribution < -0.4 is 10.1 Å². The Labute approximate surface area is 145 Å². The number of thiazole rings is 1. The molecule has 0 fully saturated rings. The third-order valence-corrected chi connectivity index (χ3v) is 4.25. The summed E-state index contributed by atoms with van der Waals surface area (Å²) in [4.78, 5) is 16.5. The van der Waals surface area contributed by atoms with Gasteiger partial charge in [0.25, 0.3) is 5.91 Å². The Morgan fingerprint density at radius 1 is 1.17 bits per heavy atom. The second kappa shape index (κ2) is 7.27. The van der Waals surface area contributed by atoms with Gasteiger partial charge in [-0.2, -0.15) is 0 Å². The number of hydrogen-bond acceptors (Lipinski definition) is 4. The summed E-state index contributed by atoms with van der Waals surface area (Å²) in [7, 11) is 0. The normalized spacial score (nSPS) is 10.4. The molecule has 0 aliphatic heterocycles. The molecule has 0 aliphatic rings. The van der Waals surface area contributed by atoms with Crippen LogP contribution in [0, 0.1) is 13.8 Å². The first-order chi connectivity index (χ1) is 11.6. The SMILES string of the molecule is Cc1ccc(NC(=O)c2ccc(OCc3cscn3)cc2)c(C)c1. The minimum Gasteiger partial charge on any atom is -0.487 e. The average molecular weight is 338 g/mol. The first-order valence-electron chi connectivity index (χ1n) is 7.60. The third kappa shape index (κ3) is 4.00. The maximum atomic E-state index is 12.3. The van der Waals surface area contributed by atoms with E-state index in [4.69, 9.17) is 4.74 Å². The number of aryl methyl sites for hydroxylation is 2. The maximum Gasteiger partial charge on any atom is 0.255 e. The molecule has 0 unspecified atom stereocenters. The van der Waals surface area contributed by atoms with E-state index in [1.165, 1.54) is 16.9 Å². The van der Waals surface area contributed by atoms with E-state index in [2.05, 4.69) is 10.3 Å². The summed E-state index contributed by atoms with van der Waals surface area (Å²) < 4.78 is 5.65. The Morgan fingerprint density at radius 2 is 1.96 bits per heavy atom. The standard InChI is InChI=1S/C19H18N2O2S/c1-13-3-8-18(14(2)9-13)21-19(22)15-4-6-17(7-5-15)23-10-16-11-24-12-20-16/h3-9,11-12H,10H2,1-2H3,(H,21,22). The van der Waals surface area contributed by atoms with Crippen LogP contribution in [-0.4, -0.2) is 10.9 Å². The molecular formula is C19H18N2O2S. The van der Waals surface area contributed by atoms with E-state index < -0.39 is 0 Å². The molecule has 3 rings (SSSR count). The highest BCUT2D eigenvalue weighted by molar-refractivity contribution is 7.07. The predicted molar refractivity (Wildman–Crippen MR) is 96.8 cm³/mol. The van der Waals surface area contributed by atoms with Gasteiger partial charge in [0, 0.05) is 16.6 Å². The Hall–Kier alpha value is -2.66. The lowest BCUT2D eigenvalue weighted by molar-refractivity contribution is 0.102. The number of rotatable bonds is 5. The fourth-order valence-electron chi connectivity index (χ4n) is 2.32. The van der Waals surface area contributed by atoms with Gasteiger partial charge in [0.05, 0.1) is 11.2 Å². The number of nitrogens with one attached hydrogen (secondary N) is 1. The van der Waals surface area contributed by atoms with E-state index >= 15 is 0 Å². The van der Waals surface area contributed by atoms with Gasteiger partial charge in [-0.25, -0.2) is 4.98 Å². The molecule has 0 saturated heterocycles. The van der Waals surface area contributed by atoms with Crippen molar-refractivity contribution in [1.82, 2.24) is 4.98 Å². The zero-order valence-corrected chi connectivity index (χ0v) is 14.4. The smallest absolute Gasteiger partial charge is 0.255 e. The van der Waals surface area contributed by atoms with Crippen molar-refractivity contribution in [3.63, 3.8) is 0 Å². The second-order valence-corrected chi connectivity index (χ2v) is 6.28. The van der Waals surface area contributed by atoms with Crippen molar-refractivity contribution in [3.8, 4) is 5.75 Å². The van der Waals surface area contributed by atoms with E-state index in [1.807, 2.05) is 37.4 Å². The van der Waals surface area contributed by atoms with Crippen LogP contribution in [0.5, 0.6) is 5.75 Å². The lowest BCUT2D eigenvalue weighted by Gasteiger charge is -2.10. The number of aromatic nitrogens is 1. The molecule has 5 heteroatoms. The molecular weight excluding hydrogens is 320 g/mol. The Morgan fingerprint density at radius 3 is 2.62 bits per heavy atom. The van der Waals surface area contributed by atoms with Crippen LogP contribution >= 0.6 is 11.3 Å².